The number of para-hydroxylation sites is 1. The van der Waals surface area contributed by atoms with Gasteiger partial charge in [-0.25, -0.2) is 0 Å². The smallest absolute Gasteiger partial charge is 0.146 e. The molecule has 2 aromatic rings. The Kier molecular flexibility index (Phi) is 5.04. The molecule has 0 aliphatic rings. The van der Waals surface area contributed by atoms with Crippen molar-refractivity contribution in [3.8, 4) is 5.75 Å². The van der Waals surface area contributed by atoms with Gasteiger partial charge >= 0.3 is 0 Å². The van der Waals surface area contributed by atoms with E-state index in [1.165, 1.54) is 0 Å². The van der Waals surface area contributed by atoms with Crippen LogP contribution in [0.3, 0.4) is 0 Å². The zero-order chi connectivity index (χ0) is 17.0. The Morgan fingerprint density at radius 1 is 1.04 bits per heavy atom. The van der Waals surface area contributed by atoms with Crippen LogP contribution in [0, 0.1) is 0 Å². The number of phenols is 1. The number of anilines is 1. The number of nitrogens with zero attached hydrogens (tertiary/aromatic N) is 2. The second kappa shape index (κ2) is 6.82. The van der Waals surface area contributed by atoms with Gasteiger partial charge in [0.05, 0.1) is 5.69 Å². The minimum atomic E-state index is -0.163. The van der Waals surface area contributed by atoms with Crippen molar-refractivity contribution in [2.45, 2.75) is 46.0 Å². The number of nitrogen functional groups attached to an aromatic ring is 1. The van der Waals surface area contributed by atoms with Crippen LogP contribution in [0.1, 0.15) is 45.2 Å². The standard InChI is InChI=1S/C19H25N3O/c1-5-8-13-11-14(19(2,3)4)18(23)17(12-13)22-21-16-10-7-6-9-15(16)20/h6-7,9-12,23H,5,8,20H2,1-4H3. The molecule has 0 atom stereocenters. The summed E-state index contributed by atoms with van der Waals surface area (Å²) in [7, 11) is 0. The van der Waals surface area contributed by atoms with Crippen LogP contribution in [0.15, 0.2) is 46.6 Å². The Morgan fingerprint density at radius 3 is 2.30 bits per heavy atom. The quantitative estimate of drug-likeness (QED) is 0.566. The van der Waals surface area contributed by atoms with Crippen molar-refractivity contribution in [2.24, 2.45) is 10.2 Å². The number of phenolic OH excluding ortho intramolecular Hbond substituents is 1. The Hall–Kier alpha value is -2.36. The molecule has 0 unspecified atom stereocenters. The van der Waals surface area contributed by atoms with Crippen LogP contribution in [0.2, 0.25) is 0 Å². The highest BCUT2D eigenvalue weighted by Crippen LogP contribution is 2.40. The van der Waals surface area contributed by atoms with E-state index in [2.05, 4.69) is 44.0 Å². The molecule has 3 N–H and O–H groups in total. The van der Waals surface area contributed by atoms with Gasteiger partial charge in [-0.1, -0.05) is 52.3 Å². The Balaban J connectivity index is 2.49. The van der Waals surface area contributed by atoms with Gasteiger partial charge in [-0.2, -0.15) is 0 Å². The number of hydrogen-bond donors (Lipinski definition) is 2. The van der Waals surface area contributed by atoms with E-state index in [4.69, 9.17) is 5.73 Å². The van der Waals surface area contributed by atoms with Gasteiger partial charge in [-0.15, -0.1) is 10.2 Å². The van der Waals surface area contributed by atoms with Crippen molar-refractivity contribution in [3.05, 3.63) is 47.5 Å². The van der Waals surface area contributed by atoms with Gasteiger partial charge < -0.3 is 10.8 Å². The average Bonchev–Trinajstić information content (AvgIpc) is 2.48. The molecule has 0 fully saturated rings. The monoisotopic (exact) mass is 311 g/mol. The van der Waals surface area contributed by atoms with Crippen LogP contribution in [0.25, 0.3) is 0 Å². The van der Waals surface area contributed by atoms with E-state index < -0.39 is 0 Å². The van der Waals surface area contributed by atoms with Crippen LogP contribution in [0.4, 0.5) is 17.1 Å². The second-order valence-corrected chi connectivity index (χ2v) is 6.77. The molecule has 0 radical (unpaired) electrons. The molecule has 0 aliphatic heterocycles. The van der Waals surface area contributed by atoms with Gasteiger partial charge in [0.25, 0.3) is 0 Å². The highest BCUT2D eigenvalue weighted by Gasteiger charge is 2.21. The topological polar surface area (TPSA) is 71.0 Å². The van der Waals surface area contributed by atoms with Gasteiger partial charge in [-0.3, -0.25) is 0 Å². The number of hydrogen-bond acceptors (Lipinski definition) is 4. The minimum absolute atomic E-state index is 0.163. The summed E-state index contributed by atoms with van der Waals surface area (Å²) in [5.41, 5.74) is 9.42. The molecule has 2 aromatic carbocycles. The summed E-state index contributed by atoms with van der Waals surface area (Å²) >= 11 is 0. The van der Waals surface area contributed by atoms with Crippen molar-refractivity contribution in [3.63, 3.8) is 0 Å². The molecule has 0 aliphatic carbocycles. The molecule has 0 bridgehead atoms. The molecule has 0 saturated heterocycles. The van der Waals surface area contributed by atoms with E-state index in [1.54, 1.807) is 12.1 Å². The predicted octanol–water partition coefficient (Wildman–Crippen LogP) is 5.64. The molecular weight excluding hydrogens is 286 g/mol. The Bertz CT molecular complexity index is 715. The van der Waals surface area contributed by atoms with E-state index >= 15 is 0 Å². The fourth-order valence-corrected chi connectivity index (χ4v) is 2.44. The summed E-state index contributed by atoms with van der Waals surface area (Å²) in [6.07, 6.45) is 1.98. The molecule has 4 heteroatoms. The van der Waals surface area contributed by atoms with E-state index in [9.17, 15) is 5.11 Å². The van der Waals surface area contributed by atoms with Crippen LogP contribution in [-0.4, -0.2) is 5.11 Å². The maximum Gasteiger partial charge on any atom is 0.146 e. The highest BCUT2D eigenvalue weighted by molar-refractivity contribution is 5.63. The van der Waals surface area contributed by atoms with Crippen LogP contribution < -0.4 is 5.73 Å². The fourth-order valence-electron chi connectivity index (χ4n) is 2.44. The first kappa shape index (κ1) is 17.0. The average molecular weight is 311 g/mol. The zero-order valence-corrected chi connectivity index (χ0v) is 14.3. The number of aromatic hydroxyl groups is 1. The molecule has 122 valence electrons. The number of aryl methyl sites for hydroxylation is 1. The number of benzene rings is 2. The van der Waals surface area contributed by atoms with E-state index in [1.807, 2.05) is 18.2 Å². The lowest BCUT2D eigenvalue weighted by molar-refractivity contribution is 0.447. The summed E-state index contributed by atoms with van der Waals surface area (Å²) < 4.78 is 0. The van der Waals surface area contributed by atoms with Gasteiger partial charge in [0, 0.05) is 5.56 Å². The third-order valence-electron chi connectivity index (χ3n) is 3.70. The van der Waals surface area contributed by atoms with Gasteiger partial charge in [0.2, 0.25) is 0 Å². The first-order chi connectivity index (χ1) is 10.8. The third kappa shape index (κ3) is 4.09. The summed E-state index contributed by atoms with van der Waals surface area (Å²) in [6, 6.07) is 11.3. The predicted molar refractivity (Wildman–Crippen MR) is 95.8 cm³/mol. The first-order valence-electron chi connectivity index (χ1n) is 7.95. The van der Waals surface area contributed by atoms with Gasteiger partial charge in [-0.05, 0) is 35.6 Å². The van der Waals surface area contributed by atoms with Crippen LogP contribution >= 0.6 is 0 Å². The zero-order valence-electron chi connectivity index (χ0n) is 14.3. The van der Waals surface area contributed by atoms with Crippen molar-refractivity contribution in [1.82, 2.24) is 0 Å². The lowest BCUT2D eigenvalue weighted by Crippen LogP contribution is -2.12. The molecular formula is C19H25N3O. The summed E-state index contributed by atoms with van der Waals surface area (Å²) in [6.45, 7) is 8.37. The number of rotatable bonds is 4. The van der Waals surface area contributed by atoms with Crippen molar-refractivity contribution in [1.29, 1.82) is 0 Å². The van der Waals surface area contributed by atoms with Crippen molar-refractivity contribution >= 4 is 17.1 Å². The minimum Gasteiger partial charge on any atom is -0.505 e. The molecule has 4 nitrogen and oxygen atoms in total. The third-order valence-corrected chi connectivity index (χ3v) is 3.70. The highest BCUT2D eigenvalue weighted by atomic mass is 16.3. The lowest BCUT2D eigenvalue weighted by atomic mass is 9.84. The first-order valence-corrected chi connectivity index (χ1v) is 7.95. The molecule has 0 amide bonds. The SMILES string of the molecule is CCCc1cc(N=Nc2ccccc2N)c(O)c(C(C)(C)C)c1. The molecule has 23 heavy (non-hydrogen) atoms. The van der Waals surface area contributed by atoms with Crippen molar-refractivity contribution in [2.75, 3.05) is 5.73 Å². The van der Waals surface area contributed by atoms with Gasteiger partial charge in [0.15, 0.2) is 0 Å². The summed E-state index contributed by atoms with van der Waals surface area (Å²) in [5.74, 6) is 0.190. The summed E-state index contributed by atoms with van der Waals surface area (Å²) in [4.78, 5) is 0. The Morgan fingerprint density at radius 2 is 1.70 bits per heavy atom. The molecule has 2 rings (SSSR count). The molecule has 0 saturated carbocycles. The van der Waals surface area contributed by atoms with Gasteiger partial charge in [0.1, 0.15) is 17.1 Å². The van der Waals surface area contributed by atoms with Crippen LogP contribution in [0.5, 0.6) is 5.75 Å². The van der Waals surface area contributed by atoms with Crippen molar-refractivity contribution < 1.29 is 5.11 Å². The maximum atomic E-state index is 10.6. The van der Waals surface area contributed by atoms with Crippen LogP contribution in [-0.2, 0) is 11.8 Å². The van der Waals surface area contributed by atoms with E-state index in [0.717, 1.165) is 24.0 Å². The lowest BCUT2D eigenvalue weighted by Gasteiger charge is -2.22. The molecule has 0 aromatic heterocycles. The number of azo groups is 1. The summed E-state index contributed by atoms with van der Waals surface area (Å²) in [5, 5.41) is 19.0. The molecule has 0 heterocycles. The fraction of sp³-hybridized carbons (Fsp3) is 0.368. The second-order valence-electron chi connectivity index (χ2n) is 6.77. The number of nitrogens with two attached hydrogens (primary N) is 1. The van der Waals surface area contributed by atoms with E-state index in [0.29, 0.717) is 17.1 Å². The largest absolute Gasteiger partial charge is 0.505 e. The maximum absolute atomic E-state index is 10.6. The van der Waals surface area contributed by atoms with E-state index in [-0.39, 0.29) is 11.2 Å². The normalized spacial score (nSPS) is 12.0. The Labute approximate surface area is 138 Å². The molecule has 0 spiro atoms.